The van der Waals surface area contributed by atoms with Gasteiger partial charge in [-0.3, -0.25) is 4.79 Å². The maximum Gasteiger partial charge on any atom is 0.410 e. The molecule has 2 N–H and O–H groups in total. The van der Waals surface area contributed by atoms with Crippen LogP contribution in [0.5, 0.6) is 0 Å². The molecule has 2 aliphatic rings. The third-order valence-corrected chi connectivity index (χ3v) is 7.39. The normalized spacial score (nSPS) is 20.2. The molecule has 8 nitrogen and oxygen atoms in total. The van der Waals surface area contributed by atoms with Crippen molar-refractivity contribution >= 4 is 34.3 Å². The largest absolute Gasteiger partial charge is 0.478 e. The first-order valence-electron chi connectivity index (χ1n) is 12.4. The number of nitrogens with zero attached hydrogens (tertiary/aromatic N) is 1. The number of carboxylic acid groups (broad SMARTS) is 1. The van der Waals surface area contributed by atoms with E-state index in [1.807, 2.05) is 32.1 Å². The molecule has 1 aliphatic heterocycles. The highest BCUT2D eigenvalue weighted by Crippen LogP contribution is 2.40. The molecule has 1 fully saturated rings. The van der Waals surface area contributed by atoms with E-state index >= 15 is 0 Å². The quantitative estimate of drug-likeness (QED) is 0.463. The van der Waals surface area contributed by atoms with Crippen LogP contribution in [0.25, 0.3) is 16.5 Å². The van der Waals surface area contributed by atoms with Gasteiger partial charge >= 0.3 is 12.1 Å². The lowest BCUT2D eigenvalue weighted by atomic mass is 9.84. The van der Waals surface area contributed by atoms with Crippen molar-refractivity contribution in [3.05, 3.63) is 80.7 Å². The van der Waals surface area contributed by atoms with E-state index < -0.39 is 11.6 Å². The van der Waals surface area contributed by atoms with Crippen LogP contribution in [-0.2, 0) is 4.74 Å². The van der Waals surface area contributed by atoms with Crippen LogP contribution >= 0.6 is 0 Å². The summed E-state index contributed by atoms with van der Waals surface area (Å²) < 4.78 is 12.1. The number of para-hydroxylation sites is 1. The molecule has 1 spiro atoms. The Morgan fingerprint density at radius 2 is 1.95 bits per heavy atom. The second kappa shape index (κ2) is 9.10. The Morgan fingerprint density at radius 3 is 2.59 bits per heavy atom. The van der Waals surface area contributed by atoms with Crippen molar-refractivity contribution in [2.75, 3.05) is 18.9 Å². The first-order chi connectivity index (χ1) is 17.6. The Balaban J connectivity index is 1.56. The monoisotopic (exact) mass is 502 g/mol. The van der Waals surface area contributed by atoms with Gasteiger partial charge in [0.15, 0.2) is 5.43 Å². The van der Waals surface area contributed by atoms with Crippen LogP contribution in [0.2, 0.25) is 0 Å². The number of hydrogen-bond acceptors (Lipinski definition) is 6. The molecule has 1 aliphatic carbocycles. The predicted octanol–water partition coefficient (Wildman–Crippen LogP) is 5.67. The Labute approximate surface area is 214 Å². The molecule has 1 aromatic heterocycles. The fourth-order valence-corrected chi connectivity index (χ4v) is 5.41. The third kappa shape index (κ3) is 4.37. The molecule has 0 radical (unpaired) electrons. The van der Waals surface area contributed by atoms with Crippen molar-refractivity contribution < 1.29 is 23.8 Å². The molecule has 0 bridgehead atoms. The molecule has 2 heterocycles. The van der Waals surface area contributed by atoms with Gasteiger partial charge in [0.05, 0.1) is 23.5 Å². The van der Waals surface area contributed by atoms with Gasteiger partial charge in [-0.25, -0.2) is 9.59 Å². The Bertz CT molecular complexity index is 1520. The van der Waals surface area contributed by atoms with E-state index in [4.69, 9.17) is 9.15 Å². The van der Waals surface area contributed by atoms with Gasteiger partial charge in [0, 0.05) is 30.3 Å². The van der Waals surface area contributed by atoms with Gasteiger partial charge in [-0.1, -0.05) is 24.3 Å². The first-order valence-corrected chi connectivity index (χ1v) is 12.4. The number of amides is 1. The predicted molar refractivity (Wildman–Crippen MR) is 141 cm³/mol. The number of benzene rings is 2. The maximum absolute atomic E-state index is 13.5. The molecule has 8 heteroatoms. The van der Waals surface area contributed by atoms with Gasteiger partial charge in [-0.15, -0.1) is 0 Å². The van der Waals surface area contributed by atoms with Crippen molar-refractivity contribution in [3.8, 4) is 0 Å². The molecular weight excluding hydrogens is 472 g/mol. The summed E-state index contributed by atoms with van der Waals surface area (Å²) in [5.41, 5.74) is 3.68. The number of carbonyl (C=O) groups is 2. The molecule has 5 rings (SSSR count). The highest BCUT2D eigenvalue weighted by Gasteiger charge is 2.44. The van der Waals surface area contributed by atoms with Crippen LogP contribution < -0.4 is 10.7 Å². The number of aromatic carboxylic acids is 1. The number of likely N-dealkylation sites (N-methyl/N-ethyl adjacent to an activating group) is 1. The van der Waals surface area contributed by atoms with Gasteiger partial charge in [-0.2, -0.15) is 0 Å². The van der Waals surface area contributed by atoms with Crippen molar-refractivity contribution in [3.63, 3.8) is 0 Å². The fraction of sp³-hybridized carbons (Fsp3) is 0.345. The van der Waals surface area contributed by atoms with Crippen LogP contribution in [0.1, 0.15) is 65.0 Å². The van der Waals surface area contributed by atoms with Crippen LogP contribution in [0.4, 0.5) is 10.5 Å². The van der Waals surface area contributed by atoms with E-state index in [9.17, 15) is 19.5 Å². The molecule has 1 amide bonds. The minimum atomic E-state index is -1.02. The molecule has 37 heavy (non-hydrogen) atoms. The lowest BCUT2D eigenvalue weighted by Gasteiger charge is -2.30. The van der Waals surface area contributed by atoms with E-state index in [0.29, 0.717) is 53.8 Å². The summed E-state index contributed by atoms with van der Waals surface area (Å²) in [5, 5.41) is 13.4. The van der Waals surface area contributed by atoms with Crippen LogP contribution in [-0.4, -0.2) is 41.3 Å². The number of nitrogens with one attached hydrogen (secondary N) is 1. The van der Waals surface area contributed by atoms with E-state index in [0.717, 1.165) is 16.7 Å². The Hall–Kier alpha value is -4.07. The molecule has 0 saturated carbocycles. The third-order valence-electron chi connectivity index (χ3n) is 7.39. The lowest BCUT2D eigenvalue weighted by Crippen LogP contribution is -2.35. The summed E-state index contributed by atoms with van der Waals surface area (Å²) in [6.45, 7) is 6.16. The molecule has 192 valence electrons. The summed E-state index contributed by atoms with van der Waals surface area (Å²) in [5.74, 6) is -0.469. The standard InChI is InChI=1S/C29H30N2O6/c1-16-13-21(18(3)30-23-8-6-5-7-20(23)27(33)34)26-22(14-16)24(32)17(2)25(36-26)19-9-11-29(12-10-19)15-31(4)28(35)37-29/h5-9,13-14,18,30H,10-12,15H2,1-4H3,(H,33,34)/t18-,29?/m1/s1. The summed E-state index contributed by atoms with van der Waals surface area (Å²) in [6.07, 6.45) is 3.55. The lowest BCUT2D eigenvalue weighted by molar-refractivity contribution is 0.0504. The second-order valence-corrected chi connectivity index (χ2v) is 10.2. The van der Waals surface area contributed by atoms with Crippen molar-refractivity contribution in [2.24, 2.45) is 0 Å². The molecule has 1 saturated heterocycles. The van der Waals surface area contributed by atoms with Crippen molar-refractivity contribution in [2.45, 2.75) is 51.7 Å². The van der Waals surface area contributed by atoms with Gasteiger partial charge in [0.25, 0.3) is 0 Å². The number of ether oxygens (including phenoxy) is 1. The zero-order valence-corrected chi connectivity index (χ0v) is 21.4. The average Bonchev–Trinajstić information content (AvgIpc) is 3.14. The van der Waals surface area contributed by atoms with Gasteiger partial charge in [0.1, 0.15) is 16.9 Å². The molecule has 1 unspecified atom stereocenters. The van der Waals surface area contributed by atoms with Crippen LogP contribution in [0, 0.1) is 13.8 Å². The van der Waals surface area contributed by atoms with E-state index in [-0.39, 0.29) is 23.1 Å². The Morgan fingerprint density at radius 1 is 1.19 bits per heavy atom. The van der Waals surface area contributed by atoms with E-state index in [1.54, 1.807) is 43.1 Å². The zero-order chi connectivity index (χ0) is 26.5. The average molecular weight is 503 g/mol. The number of anilines is 1. The number of carboxylic acids is 1. The highest BCUT2D eigenvalue weighted by molar-refractivity contribution is 5.94. The summed E-state index contributed by atoms with van der Waals surface area (Å²) in [4.78, 5) is 38.7. The number of carbonyl (C=O) groups excluding carboxylic acids is 1. The van der Waals surface area contributed by atoms with Crippen LogP contribution in [0.3, 0.4) is 0 Å². The van der Waals surface area contributed by atoms with Gasteiger partial charge < -0.3 is 24.5 Å². The first kappa shape index (κ1) is 24.6. The zero-order valence-electron chi connectivity index (χ0n) is 21.4. The number of aryl methyl sites for hydroxylation is 1. The summed E-state index contributed by atoms with van der Waals surface area (Å²) in [6, 6.07) is 10.2. The maximum atomic E-state index is 13.5. The summed E-state index contributed by atoms with van der Waals surface area (Å²) >= 11 is 0. The summed E-state index contributed by atoms with van der Waals surface area (Å²) in [7, 11) is 1.73. The SMILES string of the molecule is Cc1cc([C@@H](C)Nc2ccccc2C(=O)O)c2oc(C3=CCC4(CC3)CN(C)C(=O)O4)c(C)c(=O)c2c1. The van der Waals surface area contributed by atoms with Gasteiger partial charge in [0.2, 0.25) is 0 Å². The minimum Gasteiger partial charge on any atom is -0.478 e. The van der Waals surface area contributed by atoms with E-state index in [2.05, 4.69) is 5.32 Å². The van der Waals surface area contributed by atoms with Crippen molar-refractivity contribution in [1.29, 1.82) is 0 Å². The number of hydrogen-bond donors (Lipinski definition) is 2. The van der Waals surface area contributed by atoms with Crippen molar-refractivity contribution in [1.82, 2.24) is 4.90 Å². The Kier molecular flexibility index (Phi) is 6.06. The highest BCUT2D eigenvalue weighted by atomic mass is 16.6. The molecule has 2 atom stereocenters. The fourth-order valence-electron chi connectivity index (χ4n) is 5.41. The molecule has 2 aromatic carbocycles. The number of allylic oxidation sites excluding steroid dienone is 1. The number of fused-ring (bicyclic) bond motifs is 1. The van der Waals surface area contributed by atoms with Crippen LogP contribution in [0.15, 0.2) is 51.7 Å². The smallest absolute Gasteiger partial charge is 0.410 e. The minimum absolute atomic E-state index is 0.0902. The topological polar surface area (TPSA) is 109 Å². The molecular formula is C29H30N2O6. The van der Waals surface area contributed by atoms with Gasteiger partial charge in [-0.05, 0) is 62.9 Å². The second-order valence-electron chi connectivity index (χ2n) is 10.2. The number of rotatable bonds is 5. The molecule has 3 aromatic rings. The van der Waals surface area contributed by atoms with E-state index in [1.165, 1.54) is 0 Å².